The van der Waals surface area contributed by atoms with Gasteiger partial charge in [-0.2, -0.15) is 4.98 Å². The number of anilines is 1. The van der Waals surface area contributed by atoms with Gasteiger partial charge in [0, 0.05) is 34.9 Å². The summed E-state index contributed by atoms with van der Waals surface area (Å²) >= 11 is 1.46. The fourth-order valence-electron chi connectivity index (χ4n) is 2.52. The third-order valence-corrected chi connectivity index (χ3v) is 6.38. The Balaban J connectivity index is 1.34. The van der Waals surface area contributed by atoms with Crippen LogP contribution in [-0.2, 0) is 16.6 Å². The largest absolute Gasteiger partial charge is 0.340 e. The van der Waals surface area contributed by atoms with Crippen LogP contribution in [-0.4, -0.2) is 29.4 Å². The summed E-state index contributed by atoms with van der Waals surface area (Å²) < 4.78 is 32.3. The van der Waals surface area contributed by atoms with Gasteiger partial charge in [-0.05, 0) is 47.8 Å². The lowest BCUT2D eigenvalue weighted by Crippen LogP contribution is -2.29. The van der Waals surface area contributed by atoms with Crippen LogP contribution < -0.4 is 15.6 Å². The second-order valence-electron chi connectivity index (χ2n) is 6.17. The van der Waals surface area contributed by atoms with Crippen LogP contribution in [0, 0.1) is 0 Å². The molecule has 31 heavy (non-hydrogen) atoms. The highest BCUT2D eigenvalue weighted by Crippen LogP contribution is 2.16. The number of nitrogens with one attached hydrogen (secondary N) is 3. The van der Waals surface area contributed by atoms with Crippen molar-refractivity contribution in [3.8, 4) is 11.4 Å². The molecule has 0 aliphatic carbocycles. The van der Waals surface area contributed by atoms with Crippen molar-refractivity contribution in [1.82, 2.24) is 25.3 Å². The van der Waals surface area contributed by atoms with E-state index in [1.807, 2.05) is 17.5 Å². The van der Waals surface area contributed by atoms with Gasteiger partial charge in [0.15, 0.2) is 0 Å². The maximum absolute atomic E-state index is 12.4. The number of pyridine rings is 1. The summed E-state index contributed by atoms with van der Waals surface area (Å²) in [6, 6.07) is 12.7. The molecule has 10 nitrogen and oxygen atoms in total. The van der Waals surface area contributed by atoms with E-state index in [0.717, 1.165) is 4.88 Å². The number of sulfonamides is 1. The Morgan fingerprint density at radius 2 is 1.84 bits per heavy atom. The summed E-state index contributed by atoms with van der Waals surface area (Å²) in [5.41, 5.74) is 5.91. The van der Waals surface area contributed by atoms with E-state index >= 15 is 0 Å². The van der Waals surface area contributed by atoms with Crippen LogP contribution in [0.1, 0.15) is 15.2 Å². The molecule has 158 valence electrons. The molecule has 0 aliphatic rings. The second kappa shape index (κ2) is 9.04. The summed E-state index contributed by atoms with van der Waals surface area (Å²) in [6.45, 7) is 0.206. The molecule has 0 saturated heterocycles. The molecule has 1 amide bonds. The van der Waals surface area contributed by atoms with Crippen LogP contribution in [0.5, 0.6) is 0 Å². The first-order chi connectivity index (χ1) is 15.0. The smallest absolute Gasteiger partial charge is 0.313 e. The number of benzene rings is 1. The molecule has 12 heteroatoms. The normalized spacial score (nSPS) is 11.2. The van der Waals surface area contributed by atoms with Gasteiger partial charge in [0.2, 0.25) is 15.8 Å². The molecule has 0 aliphatic heterocycles. The van der Waals surface area contributed by atoms with Crippen LogP contribution in [0.3, 0.4) is 0 Å². The number of aromatic nitrogens is 3. The lowest BCUT2D eigenvalue weighted by molar-refractivity contribution is 0.0961. The Morgan fingerprint density at radius 1 is 1.06 bits per heavy atom. The molecule has 3 N–H and O–H groups in total. The highest BCUT2D eigenvalue weighted by atomic mass is 32.2. The van der Waals surface area contributed by atoms with Crippen molar-refractivity contribution >= 4 is 33.3 Å². The average Bonchev–Trinajstić information content (AvgIpc) is 3.49. The molecule has 4 rings (SSSR count). The topological polar surface area (TPSA) is 139 Å². The molecular formula is C19H16N6O4S2. The van der Waals surface area contributed by atoms with E-state index in [9.17, 15) is 13.2 Å². The van der Waals surface area contributed by atoms with Crippen LogP contribution in [0.15, 0.2) is 75.7 Å². The molecule has 0 fully saturated rings. The first-order valence-electron chi connectivity index (χ1n) is 8.94. The van der Waals surface area contributed by atoms with Gasteiger partial charge in [0.1, 0.15) is 0 Å². The number of hydrogen-bond donors (Lipinski definition) is 3. The highest BCUT2D eigenvalue weighted by Gasteiger charge is 2.15. The first kappa shape index (κ1) is 20.7. The summed E-state index contributed by atoms with van der Waals surface area (Å²) in [5, 5.41) is 5.69. The summed E-state index contributed by atoms with van der Waals surface area (Å²) in [5.74, 6) is -0.164. The molecule has 4 aromatic rings. The van der Waals surface area contributed by atoms with E-state index in [-0.39, 0.29) is 23.0 Å². The van der Waals surface area contributed by atoms with Crippen molar-refractivity contribution in [1.29, 1.82) is 0 Å². The number of nitrogens with zero attached hydrogens (tertiary/aromatic N) is 3. The van der Waals surface area contributed by atoms with Gasteiger partial charge < -0.3 is 4.52 Å². The predicted octanol–water partition coefficient (Wildman–Crippen LogP) is 2.43. The van der Waals surface area contributed by atoms with Gasteiger partial charge in [-0.25, -0.2) is 18.6 Å². The van der Waals surface area contributed by atoms with Gasteiger partial charge in [-0.15, -0.1) is 11.3 Å². The number of carbonyl (C=O) groups excluding carboxylic acids is 1. The average molecular weight is 457 g/mol. The quantitative estimate of drug-likeness (QED) is 0.344. The van der Waals surface area contributed by atoms with Crippen molar-refractivity contribution < 1.29 is 17.7 Å². The van der Waals surface area contributed by atoms with E-state index < -0.39 is 15.9 Å². The number of thiophene rings is 1. The Kier molecular flexibility index (Phi) is 6.02. The van der Waals surface area contributed by atoms with E-state index in [4.69, 9.17) is 4.52 Å². The molecule has 0 saturated carbocycles. The minimum atomic E-state index is -3.69. The fourth-order valence-corrected chi connectivity index (χ4v) is 4.27. The lowest BCUT2D eigenvalue weighted by Gasteiger charge is -2.07. The van der Waals surface area contributed by atoms with E-state index in [1.54, 1.807) is 24.5 Å². The standard InChI is InChI=1S/C19H16N6O4S2/c26-18(23-24-19-22-17(25-29-19)13-7-9-20-10-8-13)14-3-5-16(6-4-14)31(27,28)21-12-15-2-1-11-30-15/h1-11,21H,12H2,(H,23,26)(H,22,24,25). The van der Waals surface area contributed by atoms with Crippen molar-refractivity contribution in [2.75, 3.05) is 5.43 Å². The predicted molar refractivity (Wildman–Crippen MR) is 113 cm³/mol. The Labute approximate surface area is 181 Å². The fraction of sp³-hybridized carbons (Fsp3) is 0.0526. The van der Waals surface area contributed by atoms with Crippen LogP contribution in [0.4, 0.5) is 6.01 Å². The maximum Gasteiger partial charge on any atom is 0.340 e. The highest BCUT2D eigenvalue weighted by molar-refractivity contribution is 7.89. The zero-order chi connectivity index (χ0) is 21.7. The first-order valence-corrected chi connectivity index (χ1v) is 11.3. The minimum absolute atomic E-state index is 0.00265. The van der Waals surface area contributed by atoms with Crippen LogP contribution in [0.25, 0.3) is 11.4 Å². The molecule has 0 radical (unpaired) electrons. The molecule has 0 spiro atoms. The molecule has 0 unspecified atom stereocenters. The van der Waals surface area contributed by atoms with Gasteiger partial charge >= 0.3 is 6.01 Å². The maximum atomic E-state index is 12.4. The van der Waals surface area contributed by atoms with Gasteiger partial charge in [0.05, 0.1) is 4.90 Å². The van der Waals surface area contributed by atoms with E-state index in [2.05, 4.69) is 30.7 Å². The molecule has 3 aromatic heterocycles. The van der Waals surface area contributed by atoms with Gasteiger partial charge in [0.25, 0.3) is 5.91 Å². The van der Waals surface area contributed by atoms with Gasteiger partial charge in [-0.3, -0.25) is 15.2 Å². The van der Waals surface area contributed by atoms with Crippen molar-refractivity contribution in [3.05, 3.63) is 76.7 Å². The minimum Gasteiger partial charge on any atom is -0.313 e. The molecule has 1 aromatic carbocycles. The number of carbonyl (C=O) groups is 1. The van der Waals surface area contributed by atoms with Crippen molar-refractivity contribution in [3.63, 3.8) is 0 Å². The Morgan fingerprint density at radius 3 is 2.55 bits per heavy atom. The SMILES string of the molecule is O=C(NNc1nc(-c2ccncc2)no1)c1ccc(S(=O)(=O)NCc2cccs2)cc1. The molecule has 3 heterocycles. The third kappa shape index (κ3) is 5.12. The second-order valence-corrected chi connectivity index (χ2v) is 8.97. The van der Waals surface area contributed by atoms with Crippen LogP contribution >= 0.6 is 11.3 Å². The molecule has 0 atom stereocenters. The number of hydrazine groups is 1. The summed E-state index contributed by atoms with van der Waals surface area (Å²) in [4.78, 5) is 21.3. The Bertz CT molecular complexity index is 1260. The van der Waals surface area contributed by atoms with E-state index in [0.29, 0.717) is 11.4 Å². The number of hydrogen-bond acceptors (Lipinski definition) is 9. The molecule has 0 bridgehead atoms. The van der Waals surface area contributed by atoms with Crippen molar-refractivity contribution in [2.45, 2.75) is 11.4 Å². The molecular weight excluding hydrogens is 440 g/mol. The van der Waals surface area contributed by atoms with Crippen molar-refractivity contribution in [2.24, 2.45) is 0 Å². The van der Waals surface area contributed by atoms with Gasteiger partial charge in [-0.1, -0.05) is 11.2 Å². The summed E-state index contributed by atoms with van der Waals surface area (Å²) in [6.07, 6.45) is 3.20. The summed E-state index contributed by atoms with van der Waals surface area (Å²) in [7, 11) is -3.69. The third-order valence-electron chi connectivity index (χ3n) is 4.09. The Hall–Kier alpha value is -3.61. The van der Waals surface area contributed by atoms with E-state index in [1.165, 1.54) is 35.6 Å². The van der Waals surface area contributed by atoms with Crippen LogP contribution in [0.2, 0.25) is 0 Å². The zero-order valence-electron chi connectivity index (χ0n) is 15.8. The monoisotopic (exact) mass is 456 g/mol. The number of rotatable bonds is 8. The lowest BCUT2D eigenvalue weighted by atomic mass is 10.2. The zero-order valence-corrected chi connectivity index (χ0v) is 17.5. The number of amides is 1.